The molecule has 0 unspecified atom stereocenters. The van der Waals surface area contributed by atoms with Crippen molar-refractivity contribution in [2.75, 3.05) is 19.1 Å². The number of hydrogen-bond acceptors (Lipinski definition) is 6. The number of ketones is 1. The van der Waals surface area contributed by atoms with E-state index in [2.05, 4.69) is 0 Å². The van der Waals surface area contributed by atoms with Gasteiger partial charge in [0.15, 0.2) is 5.78 Å². The van der Waals surface area contributed by atoms with Gasteiger partial charge in [0, 0.05) is 16.8 Å². The second-order valence-electron chi connectivity index (χ2n) is 6.29. The van der Waals surface area contributed by atoms with E-state index >= 15 is 0 Å². The van der Waals surface area contributed by atoms with Gasteiger partial charge in [-0.2, -0.15) is 0 Å². The maximum absolute atomic E-state index is 14.3. The highest BCUT2D eigenvalue weighted by Crippen LogP contribution is 2.32. The number of rotatable bonds is 5. The Bertz CT molecular complexity index is 1150. The number of methoxy groups -OCH3 is 2. The minimum atomic E-state index is -0.837. The van der Waals surface area contributed by atoms with Gasteiger partial charge < -0.3 is 14.4 Å². The molecular formula is C23H17ClFNO5. The molecule has 6 nitrogen and oxygen atoms in total. The average Bonchev–Trinajstić information content (AvgIpc) is 3.00. The molecule has 1 aliphatic heterocycles. The van der Waals surface area contributed by atoms with Crippen molar-refractivity contribution in [3.63, 3.8) is 0 Å². The van der Waals surface area contributed by atoms with Crippen LogP contribution in [0.25, 0.3) is 0 Å². The van der Waals surface area contributed by atoms with Crippen molar-refractivity contribution in [2.45, 2.75) is 0 Å². The Morgan fingerprint density at radius 1 is 0.935 bits per heavy atom. The first-order chi connectivity index (χ1) is 14.9. The van der Waals surface area contributed by atoms with E-state index in [1.807, 2.05) is 0 Å². The third-order valence-corrected chi connectivity index (χ3v) is 4.71. The van der Waals surface area contributed by atoms with Crippen LogP contribution in [-0.2, 0) is 19.1 Å². The number of ether oxygens (including phenoxy) is 2. The van der Waals surface area contributed by atoms with Crippen LogP contribution in [-0.4, -0.2) is 31.9 Å². The van der Waals surface area contributed by atoms with E-state index < -0.39 is 23.5 Å². The fourth-order valence-corrected chi connectivity index (χ4v) is 3.21. The second-order valence-corrected chi connectivity index (χ2v) is 6.72. The number of halogens is 2. The van der Waals surface area contributed by atoms with Gasteiger partial charge in [0.25, 0.3) is 0 Å². The maximum Gasteiger partial charge on any atom is 0.355 e. The maximum atomic E-state index is 14.3. The van der Waals surface area contributed by atoms with E-state index in [-0.39, 0.29) is 33.1 Å². The number of benzene rings is 2. The van der Waals surface area contributed by atoms with Crippen LogP contribution in [0.15, 0.2) is 78.2 Å². The molecule has 0 N–H and O–H groups in total. The van der Waals surface area contributed by atoms with Crippen molar-refractivity contribution in [2.24, 2.45) is 0 Å². The predicted octanol–water partition coefficient (Wildman–Crippen LogP) is 4.20. The lowest BCUT2D eigenvalue weighted by Crippen LogP contribution is -2.28. The zero-order valence-corrected chi connectivity index (χ0v) is 17.4. The largest absolute Gasteiger partial charge is 0.465 e. The van der Waals surface area contributed by atoms with Crippen LogP contribution in [0.2, 0.25) is 5.02 Å². The third kappa shape index (κ3) is 4.41. The van der Waals surface area contributed by atoms with Gasteiger partial charge in [-0.1, -0.05) is 29.8 Å². The molecule has 1 heterocycles. The summed E-state index contributed by atoms with van der Waals surface area (Å²) in [5.74, 6) is -2.97. The van der Waals surface area contributed by atoms with E-state index in [0.717, 1.165) is 7.11 Å². The topological polar surface area (TPSA) is 72.9 Å². The summed E-state index contributed by atoms with van der Waals surface area (Å²) in [6.07, 6.45) is 5.96. The molecular weight excluding hydrogens is 425 g/mol. The van der Waals surface area contributed by atoms with Crippen LogP contribution in [0, 0.1) is 5.82 Å². The molecule has 0 spiro atoms. The molecule has 0 fully saturated rings. The van der Waals surface area contributed by atoms with Crippen LogP contribution in [0.1, 0.15) is 15.9 Å². The Morgan fingerprint density at radius 2 is 1.65 bits per heavy atom. The summed E-state index contributed by atoms with van der Waals surface area (Å²) in [5.41, 5.74) is -0.211. The Hall–Kier alpha value is -3.71. The zero-order valence-electron chi connectivity index (χ0n) is 16.6. The molecule has 8 heteroatoms. The lowest BCUT2D eigenvalue weighted by atomic mass is 10.00. The van der Waals surface area contributed by atoms with Gasteiger partial charge in [0.1, 0.15) is 11.5 Å². The van der Waals surface area contributed by atoms with Crippen molar-refractivity contribution in [1.29, 1.82) is 0 Å². The Balaban J connectivity index is 2.26. The number of carbonyl (C=O) groups excluding carboxylic acids is 3. The SMILES string of the molecule is COC(=O)C1=C(C(=O)OC)N(c2ccc(Cl)cc2C(=O)c2ccccc2F)C=CC=C1. The molecule has 0 bridgehead atoms. The van der Waals surface area contributed by atoms with Gasteiger partial charge in [-0.15, -0.1) is 0 Å². The van der Waals surface area contributed by atoms with Crippen molar-refractivity contribution < 1.29 is 28.2 Å². The fraction of sp³-hybridized carbons (Fsp3) is 0.0870. The summed E-state index contributed by atoms with van der Waals surface area (Å²) < 4.78 is 24.0. The summed E-state index contributed by atoms with van der Waals surface area (Å²) in [7, 11) is 2.34. The highest BCUT2D eigenvalue weighted by atomic mass is 35.5. The van der Waals surface area contributed by atoms with Crippen LogP contribution < -0.4 is 4.90 Å². The quantitative estimate of drug-likeness (QED) is 0.511. The van der Waals surface area contributed by atoms with E-state index in [0.29, 0.717) is 0 Å². The van der Waals surface area contributed by atoms with Gasteiger partial charge in [-0.05, 0) is 42.5 Å². The number of nitrogens with zero attached hydrogens (tertiary/aromatic N) is 1. The summed E-state index contributed by atoms with van der Waals surface area (Å²) >= 11 is 6.11. The number of allylic oxidation sites excluding steroid dienone is 2. The molecule has 2 aromatic carbocycles. The molecule has 2 aromatic rings. The number of carbonyl (C=O) groups is 3. The number of hydrogen-bond donors (Lipinski definition) is 0. The zero-order chi connectivity index (χ0) is 22.5. The fourth-order valence-electron chi connectivity index (χ4n) is 3.04. The normalized spacial score (nSPS) is 13.1. The summed E-state index contributed by atoms with van der Waals surface area (Å²) in [6, 6.07) is 9.88. The standard InChI is InChI=1S/C23H17ClFNO5/c1-30-22(28)16-8-5-6-12-26(20(16)23(29)31-2)19-11-10-14(24)13-17(19)21(27)15-7-3-4-9-18(15)25/h3-13H,1-2H3. The Labute approximate surface area is 182 Å². The van der Waals surface area contributed by atoms with Gasteiger partial charge >= 0.3 is 11.9 Å². The minimum absolute atomic E-state index is 0.0229. The van der Waals surface area contributed by atoms with Gasteiger partial charge in [-0.3, -0.25) is 4.79 Å². The smallest absolute Gasteiger partial charge is 0.355 e. The van der Waals surface area contributed by atoms with Crippen molar-refractivity contribution >= 4 is 35.0 Å². The highest BCUT2D eigenvalue weighted by Gasteiger charge is 2.30. The van der Waals surface area contributed by atoms with E-state index in [4.69, 9.17) is 21.1 Å². The lowest BCUT2D eigenvalue weighted by Gasteiger charge is -2.25. The van der Waals surface area contributed by atoms with Crippen LogP contribution in [0.5, 0.6) is 0 Å². The molecule has 0 radical (unpaired) electrons. The molecule has 3 rings (SSSR count). The van der Waals surface area contributed by atoms with E-state index in [1.54, 1.807) is 6.08 Å². The molecule has 0 saturated carbocycles. The second kappa shape index (κ2) is 9.40. The van der Waals surface area contributed by atoms with Crippen LogP contribution >= 0.6 is 11.6 Å². The Morgan fingerprint density at radius 3 is 2.32 bits per heavy atom. The first-order valence-corrected chi connectivity index (χ1v) is 9.40. The number of anilines is 1. The summed E-state index contributed by atoms with van der Waals surface area (Å²) in [6.45, 7) is 0. The molecule has 0 amide bonds. The van der Waals surface area contributed by atoms with E-state index in [1.165, 1.54) is 72.8 Å². The van der Waals surface area contributed by atoms with Crippen LogP contribution in [0.3, 0.4) is 0 Å². The van der Waals surface area contributed by atoms with E-state index in [9.17, 15) is 18.8 Å². The summed E-state index contributed by atoms with van der Waals surface area (Å²) in [5, 5.41) is 0.233. The van der Waals surface area contributed by atoms with Gasteiger partial charge in [0.05, 0.1) is 31.0 Å². The summed E-state index contributed by atoms with van der Waals surface area (Å²) in [4.78, 5) is 39.5. The molecule has 158 valence electrons. The average molecular weight is 442 g/mol. The third-order valence-electron chi connectivity index (χ3n) is 4.47. The Kier molecular flexibility index (Phi) is 6.67. The van der Waals surface area contributed by atoms with Crippen molar-refractivity contribution in [3.8, 4) is 0 Å². The minimum Gasteiger partial charge on any atom is -0.465 e. The van der Waals surface area contributed by atoms with Gasteiger partial charge in [-0.25, -0.2) is 14.0 Å². The van der Waals surface area contributed by atoms with Crippen molar-refractivity contribution in [1.82, 2.24) is 0 Å². The predicted molar refractivity (Wildman–Crippen MR) is 113 cm³/mol. The first-order valence-electron chi connectivity index (χ1n) is 9.02. The molecule has 0 aliphatic carbocycles. The lowest BCUT2D eigenvalue weighted by molar-refractivity contribution is -0.139. The molecule has 0 saturated heterocycles. The molecule has 0 atom stereocenters. The highest BCUT2D eigenvalue weighted by molar-refractivity contribution is 6.31. The molecule has 1 aliphatic rings. The van der Waals surface area contributed by atoms with Gasteiger partial charge in [0.2, 0.25) is 0 Å². The molecule has 31 heavy (non-hydrogen) atoms. The first kappa shape index (κ1) is 22.0. The van der Waals surface area contributed by atoms with Crippen LogP contribution in [0.4, 0.5) is 10.1 Å². The molecule has 0 aromatic heterocycles. The van der Waals surface area contributed by atoms with Crippen molar-refractivity contribution in [3.05, 3.63) is 100 Å². The number of esters is 2. The monoisotopic (exact) mass is 441 g/mol.